The maximum absolute atomic E-state index is 13.5. The molecule has 4 aromatic rings. The molecule has 0 fully saturated rings. The fourth-order valence-corrected chi connectivity index (χ4v) is 4.42. The Balaban J connectivity index is 1.81. The normalized spacial score (nSPS) is 11.3. The lowest BCUT2D eigenvalue weighted by atomic mass is 10.1. The van der Waals surface area contributed by atoms with Crippen LogP contribution in [0.4, 0.5) is 11.4 Å². The highest BCUT2D eigenvalue weighted by molar-refractivity contribution is 7.90. The van der Waals surface area contributed by atoms with Crippen LogP contribution in [0.1, 0.15) is 32.9 Å². The Labute approximate surface area is 214 Å². The summed E-state index contributed by atoms with van der Waals surface area (Å²) in [6, 6.07) is 16.5. The summed E-state index contributed by atoms with van der Waals surface area (Å²) >= 11 is 6.42. The van der Waals surface area contributed by atoms with Crippen LogP contribution in [-0.2, 0) is 22.9 Å². The minimum atomic E-state index is -3.76. The summed E-state index contributed by atoms with van der Waals surface area (Å²) in [6.45, 7) is 4.40. The summed E-state index contributed by atoms with van der Waals surface area (Å²) in [5, 5.41) is 2.98. The third-order valence-corrected chi connectivity index (χ3v) is 6.74. The van der Waals surface area contributed by atoms with E-state index in [4.69, 9.17) is 16.0 Å². The molecule has 8 nitrogen and oxygen atoms in total. The molecule has 0 aliphatic heterocycles. The van der Waals surface area contributed by atoms with Crippen molar-refractivity contribution in [2.24, 2.45) is 0 Å². The van der Waals surface area contributed by atoms with Crippen molar-refractivity contribution in [2.45, 2.75) is 32.1 Å². The minimum Gasteiger partial charge on any atom is -0.467 e. The number of nitrogens with zero attached hydrogens (tertiary/aromatic N) is 3. The van der Waals surface area contributed by atoms with Crippen LogP contribution in [0, 0.1) is 13.8 Å². The molecule has 0 aliphatic rings. The van der Waals surface area contributed by atoms with E-state index in [1.807, 2.05) is 49.1 Å². The predicted molar refractivity (Wildman–Crippen MR) is 139 cm³/mol. The van der Waals surface area contributed by atoms with E-state index in [1.165, 1.54) is 6.20 Å². The fourth-order valence-electron chi connectivity index (χ4n) is 3.72. The van der Waals surface area contributed by atoms with E-state index in [2.05, 4.69) is 15.3 Å². The monoisotopic (exact) mass is 524 g/mol. The van der Waals surface area contributed by atoms with Crippen LogP contribution in [0.25, 0.3) is 0 Å². The molecule has 0 atom stereocenters. The number of anilines is 2. The number of carbonyl (C=O) groups is 1. The first-order valence-electron chi connectivity index (χ1n) is 11.1. The highest BCUT2D eigenvalue weighted by Crippen LogP contribution is 2.28. The second-order valence-electron chi connectivity index (χ2n) is 8.46. The van der Waals surface area contributed by atoms with Crippen LogP contribution in [0.15, 0.2) is 76.6 Å². The Bertz CT molecular complexity index is 1500. The molecule has 0 saturated heterocycles. The number of sulfone groups is 1. The number of furan rings is 1. The van der Waals surface area contributed by atoms with Crippen LogP contribution in [0.3, 0.4) is 0 Å². The SMILES string of the molecule is Cc1ccc(NC(=O)c2nc(S(C)(=O)=O)ncc2N(Cc2ccco2)Cc2ccccc2Cl)c(C)c1. The van der Waals surface area contributed by atoms with Crippen molar-refractivity contribution in [2.75, 3.05) is 16.5 Å². The molecule has 0 radical (unpaired) electrons. The fraction of sp³-hybridized carbons (Fsp3) is 0.192. The molecule has 0 aliphatic carbocycles. The first-order chi connectivity index (χ1) is 17.1. The molecule has 0 bridgehead atoms. The number of benzene rings is 2. The van der Waals surface area contributed by atoms with Crippen molar-refractivity contribution in [3.63, 3.8) is 0 Å². The summed E-state index contributed by atoms with van der Waals surface area (Å²) in [5.74, 6) is 0.0721. The molecule has 0 unspecified atom stereocenters. The maximum Gasteiger partial charge on any atom is 0.276 e. The molecule has 10 heteroatoms. The van der Waals surface area contributed by atoms with Crippen molar-refractivity contribution in [1.29, 1.82) is 0 Å². The second kappa shape index (κ2) is 10.5. The molecule has 4 rings (SSSR count). The van der Waals surface area contributed by atoms with Gasteiger partial charge >= 0.3 is 0 Å². The zero-order valence-electron chi connectivity index (χ0n) is 20.0. The van der Waals surface area contributed by atoms with E-state index in [-0.39, 0.29) is 12.2 Å². The zero-order chi connectivity index (χ0) is 25.9. The Morgan fingerprint density at radius 1 is 1.08 bits per heavy atom. The summed E-state index contributed by atoms with van der Waals surface area (Å²) in [5.41, 5.74) is 3.58. The molecule has 1 amide bonds. The van der Waals surface area contributed by atoms with E-state index >= 15 is 0 Å². The van der Waals surface area contributed by atoms with Gasteiger partial charge in [-0.15, -0.1) is 0 Å². The number of nitrogens with one attached hydrogen (secondary N) is 1. The van der Waals surface area contributed by atoms with Crippen LogP contribution in [-0.4, -0.2) is 30.5 Å². The van der Waals surface area contributed by atoms with Gasteiger partial charge in [0.25, 0.3) is 5.91 Å². The molecule has 186 valence electrons. The Morgan fingerprint density at radius 2 is 1.86 bits per heavy atom. The summed E-state index contributed by atoms with van der Waals surface area (Å²) in [6.07, 6.45) is 3.90. The van der Waals surface area contributed by atoms with Crippen molar-refractivity contribution >= 4 is 38.7 Å². The number of aryl methyl sites for hydroxylation is 2. The highest BCUT2D eigenvalue weighted by Gasteiger charge is 2.25. The van der Waals surface area contributed by atoms with Gasteiger partial charge in [0.2, 0.25) is 15.0 Å². The zero-order valence-corrected chi connectivity index (χ0v) is 21.6. The topological polar surface area (TPSA) is 105 Å². The molecule has 1 N–H and O–H groups in total. The van der Waals surface area contributed by atoms with Gasteiger partial charge in [-0.3, -0.25) is 4.79 Å². The van der Waals surface area contributed by atoms with Gasteiger partial charge < -0.3 is 14.6 Å². The molecule has 2 heterocycles. The van der Waals surface area contributed by atoms with Gasteiger partial charge in [0, 0.05) is 23.5 Å². The third kappa shape index (κ3) is 5.92. The number of halogens is 1. The number of hydrogen-bond donors (Lipinski definition) is 1. The third-order valence-electron chi connectivity index (χ3n) is 5.51. The average Bonchev–Trinajstić information content (AvgIpc) is 3.34. The standard InChI is InChI=1S/C26H25ClN4O4S/c1-17-10-11-22(18(2)13-17)29-25(32)24-23(14-28-26(30-24)36(3,33)34)31(16-20-8-6-12-35-20)15-19-7-4-5-9-21(19)27/h4-14H,15-16H2,1-3H3,(H,29,32). The first kappa shape index (κ1) is 25.4. The van der Waals surface area contributed by atoms with Gasteiger partial charge in [0.15, 0.2) is 5.69 Å². The van der Waals surface area contributed by atoms with Gasteiger partial charge in [-0.25, -0.2) is 18.4 Å². The molecular formula is C26H25ClN4O4S. The number of aromatic nitrogens is 2. The molecule has 2 aromatic carbocycles. The number of rotatable bonds is 8. The van der Waals surface area contributed by atoms with Gasteiger partial charge in [-0.2, -0.15) is 0 Å². The van der Waals surface area contributed by atoms with Crippen LogP contribution >= 0.6 is 11.6 Å². The largest absolute Gasteiger partial charge is 0.467 e. The van der Waals surface area contributed by atoms with Gasteiger partial charge in [-0.05, 0) is 49.2 Å². The Kier molecular flexibility index (Phi) is 7.42. The quantitative estimate of drug-likeness (QED) is 0.316. The highest BCUT2D eigenvalue weighted by atomic mass is 35.5. The number of amides is 1. The smallest absolute Gasteiger partial charge is 0.276 e. The van der Waals surface area contributed by atoms with Gasteiger partial charge in [0.05, 0.1) is 24.7 Å². The minimum absolute atomic E-state index is 0.0796. The summed E-state index contributed by atoms with van der Waals surface area (Å²) in [7, 11) is -3.76. The lowest BCUT2D eigenvalue weighted by Gasteiger charge is -2.26. The Hall–Kier alpha value is -3.69. The van der Waals surface area contributed by atoms with Crippen LogP contribution in [0.5, 0.6) is 0 Å². The van der Waals surface area contributed by atoms with Crippen molar-refractivity contribution in [3.05, 3.63) is 100 Å². The van der Waals surface area contributed by atoms with Gasteiger partial charge in [-0.1, -0.05) is 47.5 Å². The maximum atomic E-state index is 13.5. The lowest BCUT2D eigenvalue weighted by molar-refractivity contribution is 0.102. The Morgan fingerprint density at radius 3 is 2.53 bits per heavy atom. The lowest BCUT2D eigenvalue weighted by Crippen LogP contribution is -2.27. The number of hydrogen-bond acceptors (Lipinski definition) is 7. The molecule has 36 heavy (non-hydrogen) atoms. The summed E-state index contributed by atoms with van der Waals surface area (Å²) < 4.78 is 30.0. The van der Waals surface area contributed by atoms with Crippen molar-refractivity contribution in [3.8, 4) is 0 Å². The first-order valence-corrected chi connectivity index (χ1v) is 13.3. The average molecular weight is 525 g/mol. The van der Waals surface area contributed by atoms with E-state index in [0.29, 0.717) is 28.7 Å². The molecule has 0 spiro atoms. The van der Waals surface area contributed by atoms with Crippen LogP contribution < -0.4 is 10.2 Å². The predicted octanol–water partition coefficient (Wildman–Crippen LogP) is 5.20. The molecule has 2 aromatic heterocycles. The van der Waals surface area contributed by atoms with E-state index in [9.17, 15) is 13.2 Å². The van der Waals surface area contributed by atoms with E-state index in [0.717, 1.165) is 22.9 Å². The summed E-state index contributed by atoms with van der Waals surface area (Å²) in [4.78, 5) is 23.6. The molecule has 0 saturated carbocycles. The van der Waals surface area contributed by atoms with Crippen LogP contribution in [0.2, 0.25) is 5.02 Å². The second-order valence-corrected chi connectivity index (χ2v) is 10.8. The molecular weight excluding hydrogens is 500 g/mol. The van der Waals surface area contributed by atoms with Crippen molar-refractivity contribution < 1.29 is 17.6 Å². The van der Waals surface area contributed by atoms with E-state index in [1.54, 1.807) is 30.5 Å². The van der Waals surface area contributed by atoms with E-state index < -0.39 is 20.9 Å². The number of carbonyl (C=O) groups excluding carboxylic acids is 1. The van der Waals surface area contributed by atoms with Crippen molar-refractivity contribution in [1.82, 2.24) is 9.97 Å². The van der Waals surface area contributed by atoms with Gasteiger partial charge in [0.1, 0.15) is 5.76 Å².